The van der Waals surface area contributed by atoms with E-state index < -0.39 is 0 Å². The quantitative estimate of drug-likeness (QED) is 0.837. The summed E-state index contributed by atoms with van der Waals surface area (Å²) in [7, 11) is 1.74. The van der Waals surface area contributed by atoms with Crippen molar-refractivity contribution in [2.45, 2.75) is 0 Å². The molecule has 0 saturated carbocycles. The molecule has 2 aromatic rings. The van der Waals surface area contributed by atoms with Gasteiger partial charge in [-0.1, -0.05) is 40.2 Å². The van der Waals surface area contributed by atoms with Gasteiger partial charge in [0.15, 0.2) is 0 Å². The highest BCUT2D eigenvalue weighted by molar-refractivity contribution is 9.10. The van der Waals surface area contributed by atoms with E-state index in [-0.39, 0.29) is 6.03 Å². The lowest BCUT2D eigenvalue weighted by molar-refractivity contribution is 0.243. The molecule has 21 heavy (non-hydrogen) atoms. The fraction of sp³-hybridized carbons (Fsp3) is 0.188. The van der Waals surface area contributed by atoms with Crippen molar-refractivity contribution in [2.24, 2.45) is 0 Å². The predicted octanol–water partition coefficient (Wildman–Crippen LogP) is 3.67. The number of carbonyl (C=O) groups excluding carboxylic acids is 1. The van der Waals surface area contributed by atoms with Gasteiger partial charge < -0.3 is 10.1 Å². The van der Waals surface area contributed by atoms with Crippen molar-refractivity contribution in [3.8, 4) is 5.75 Å². The van der Waals surface area contributed by atoms with E-state index in [2.05, 4.69) is 21.2 Å². The molecule has 4 nitrogen and oxygen atoms in total. The van der Waals surface area contributed by atoms with Crippen molar-refractivity contribution in [3.05, 3.63) is 59.1 Å². The Morgan fingerprint density at radius 2 is 1.95 bits per heavy atom. The van der Waals surface area contributed by atoms with Gasteiger partial charge in [-0.25, -0.2) is 4.79 Å². The van der Waals surface area contributed by atoms with Gasteiger partial charge in [-0.2, -0.15) is 0 Å². The Labute approximate surface area is 132 Å². The number of ether oxygens (including phenoxy) is 1. The van der Waals surface area contributed by atoms with E-state index in [4.69, 9.17) is 4.74 Å². The molecular formula is C16H17BrN2O2. The summed E-state index contributed by atoms with van der Waals surface area (Å²) in [4.78, 5) is 13.5. The van der Waals surface area contributed by atoms with Crippen LogP contribution in [0.2, 0.25) is 0 Å². The third kappa shape index (κ3) is 4.79. The second kappa shape index (κ2) is 7.69. The van der Waals surface area contributed by atoms with Gasteiger partial charge in [-0.15, -0.1) is 0 Å². The Morgan fingerprint density at radius 3 is 2.67 bits per heavy atom. The number of hydrogen-bond donors (Lipinski definition) is 1. The van der Waals surface area contributed by atoms with Crippen molar-refractivity contribution in [3.63, 3.8) is 0 Å². The van der Waals surface area contributed by atoms with Gasteiger partial charge in [0.1, 0.15) is 12.4 Å². The van der Waals surface area contributed by atoms with Crippen LogP contribution >= 0.6 is 15.9 Å². The Bertz CT molecular complexity index is 590. The number of nitrogens with one attached hydrogen (secondary N) is 1. The molecule has 2 amide bonds. The number of rotatable bonds is 5. The molecule has 0 heterocycles. The van der Waals surface area contributed by atoms with Gasteiger partial charge in [0, 0.05) is 17.2 Å². The van der Waals surface area contributed by atoms with E-state index in [0.29, 0.717) is 13.2 Å². The van der Waals surface area contributed by atoms with Crippen molar-refractivity contribution in [1.29, 1.82) is 0 Å². The number of amides is 2. The first-order chi connectivity index (χ1) is 10.2. The SMILES string of the molecule is CN(C(=O)NCCOc1cccc(Br)c1)c1ccccc1. The summed E-state index contributed by atoms with van der Waals surface area (Å²) < 4.78 is 6.53. The monoisotopic (exact) mass is 348 g/mol. The molecule has 0 aliphatic rings. The molecule has 110 valence electrons. The summed E-state index contributed by atoms with van der Waals surface area (Å²) in [6, 6.07) is 16.9. The number of anilines is 1. The topological polar surface area (TPSA) is 41.6 Å². The van der Waals surface area contributed by atoms with E-state index in [1.165, 1.54) is 0 Å². The molecule has 2 rings (SSSR count). The second-order valence-electron chi connectivity index (χ2n) is 4.43. The summed E-state index contributed by atoms with van der Waals surface area (Å²) in [5, 5.41) is 2.82. The maximum Gasteiger partial charge on any atom is 0.321 e. The highest BCUT2D eigenvalue weighted by Gasteiger charge is 2.09. The standard InChI is InChI=1S/C16H17BrN2O2/c1-19(14-7-3-2-4-8-14)16(20)18-10-11-21-15-9-5-6-13(17)12-15/h2-9,12H,10-11H2,1H3,(H,18,20). The van der Waals surface area contributed by atoms with Gasteiger partial charge in [-0.05, 0) is 30.3 Å². The minimum atomic E-state index is -0.154. The van der Waals surface area contributed by atoms with Crippen LogP contribution in [0.25, 0.3) is 0 Å². The van der Waals surface area contributed by atoms with Crippen LogP contribution in [0, 0.1) is 0 Å². The van der Waals surface area contributed by atoms with Crippen LogP contribution in [-0.4, -0.2) is 26.2 Å². The number of carbonyl (C=O) groups is 1. The fourth-order valence-corrected chi connectivity index (χ4v) is 2.15. The van der Waals surface area contributed by atoms with Crippen LogP contribution in [0.3, 0.4) is 0 Å². The number of benzene rings is 2. The third-order valence-electron chi connectivity index (χ3n) is 2.89. The Balaban J connectivity index is 1.74. The first-order valence-corrected chi connectivity index (χ1v) is 7.41. The third-order valence-corrected chi connectivity index (χ3v) is 3.38. The van der Waals surface area contributed by atoms with Crippen LogP contribution in [0.5, 0.6) is 5.75 Å². The highest BCUT2D eigenvalue weighted by Crippen LogP contribution is 2.17. The molecule has 0 atom stereocenters. The Hall–Kier alpha value is -2.01. The lowest BCUT2D eigenvalue weighted by Gasteiger charge is -2.18. The van der Waals surface area contributed by atoms with Crippen LogP contribution < -0.4 is 15.0 Å². The van der Waals surface area contributed by atoms with Crippen LogP contribution in [-0.2, 0) is 0 Å². The zero-order valence-electron chi connectivity index (χ0n) is 11.8. The Kier molecular flexibility index (Phi) is 5.63. The number of urea groups is 1. The molecule has 5 heteroatoms. The average molecular weight is 349 g/mol. The molecule has 0 aromatic heterocycles. The summed E-state index contributed by atoms with van der Waals surface area (Å²) in [5.41, 5.74) is 0.850. The van der Waals surface area contributed by atoms with Gasteiger partial charge >= 0.3 is 6.03 Å². The van der Waals surface area contributed by atoms with Gasteiger partial charge in [0.25, 0.3) is 0 Å². The smallest absolute Gasteiger partial charge is 0.321 e. The zero-order valence-corrected chi connectivity index (χ0v) is 13.3. The molecule has 1 N–H and O–H groups in total. The summed E-state index contributed by atoms with van der Waals surface area (Å²) in [6.07, 6.45) is 0. The van der Waals surface area contributed by atoms with Gasteiger partial charge in [0.05, 0.1) is 6.54 Å². The predicted molar refractivity (Wildman–Crippen MR) is 87.9 cm³/mol. The second-order valence-corrected chi connectivity index (χ2v) is 5.35. The maximum absolute atomic E-state index is 12.0. The summed E-state index contributed by atoms with van der Waals surface area (Å²) in [6.45, 7) is 0.868. The number of hydrogen-bond acceptors (Lipinski definition) is 2. The fourth-order valence-electron chi connectivity index (χ4n) is 1.77. The number of para-hydroxylation sites is 1. The molecule has 0 unspecified atom stereocenters. The molecule has 0 radical (unpaired) electrons. The first kappa shape index (κ1) is 15.4. The molecular weight excluding hydrogens is 332 g/mol. The van der Waals surface area contributed by atoms with E-state index in [1.54, 1.807) is 11.9 Å². The minimum absolute atomic E-state index is 0.154. The lowest BCUT2D eigenvalue weighted by Crippen LogP contribution is -2.39. The van der Waals surface area contributed by atoms with Crippen molar-refractivity contribution in [1.82, 2.24) is 5.32 Å². The van der Waals surface area contributed by atoms with Gasteiger partial charge in [-0.3, -0.25) is 4.90 Å². The van der Waals surface area contributed by atoms with Crippen molar-refractivity contribution >= 4 is 27.6 Å². The zero-order chi connectivity index (χ0) is 15.1. The van der Waals surface area contributed by atoms with E-state index in [9.17, 15) is 4.79 Å². The van der Waals surface area contributed by atoms with E-state index in [1.807, 2.05) is 54.6 Å². The molecule has 0 spiro atoms. The van der Waals surface area contributed by atoms with Gasteiger partial charge in [0.2, 0.25) is 0 Å². The molecule has 0 bridgehead atoms. The normalized spacial score (nSPS) is 10.0. The minimum Gasteiger partial charge on any atom is -0.492 e. The maximum atomic E-state index is 12.0. The van der Waals surface area contributed by atoms with E-state index in [0.717, 1.165) is 15.9 Å². The van der Waals surface area contributed by atoms with Crippen molar-refractivity contribution in [2.75, 3.05) is 25.1 Å². The van der Waals surface area contributed by atoms with Crippen LogP contribution in [0.1, 0.15) is 0 Å². The molecule has 0 aliphatic heterocycles. The van der Waals surface area contributed by atoms with Crippen LogP contribution in [0.4, 0.5) is 10.5 Å². The van der Waals surface area contributed by atoms with Crippen molar-refractivity contribution < 1.29 is 9.53 Å². The summed E-state index contributed by atoms with van der Waals surface area (Å²) in [5.74, 6) is 0.773. The summed E-state index contributed by atoms with van der Waals surface area (Å²) >= 11 is 3.38. The molecule has 0 fully saturated rings. The number of halogens is 1. The van der Waals surface area contributed by atoms with E-state index >= 15 is 0 Å². The Morgan fingerprint density at radius 1 is 1.19 bits per heavy atom. The van der Waals surface area contributed by atoms with Crippen LogP contribution in [0.15, 0.2) is 59.1 Å². The largest absolute Gasteiger partial charge is 0.492 e. The molecule has 0 saturated heterocycles. The molecule has 2 aromatic carbocycles. The average Bonchev–Trinajstić information content (AvgIpc) is 2.51. The number of nitrogens with zero attached hydrogens (tertiary/aromatic N) is 1. The lowest BCUT2D eigenvalue weighted by atomic mass is 10.3. The molecule has 0 aliphatic carbocycles. The first-order valence-electron chi connectivity index (χ1n) is 6.62. The highest BCUT2D eigenvalue weighted by atomic mass is 79.9.